The summed E-state index contributed by atoms with van der Waals surface area (Å²) in [7, 11) is 0. The zero-order chi connectivity index (χ0) is 16.4. The summed E-state index contributed by atoms with van der Waals surface area (Å²) < 4.78 is 3.52. The number of nitrogens with one attached hydrogen (secondary N) is 1. The first kappa shape index (κ1) is 16.7. The average molecular weight is 476 g/mol. The molecule has 0 aliphatic rings. The minimum Gasteiger partial charge on any atom is -0.319 e. The smallest absolute Gasteiger partial charge is 0.265 e. The van der Waals surface area contributed by atoms with Gasteiger partial charge in [0.25, 0.3) is 5.91 Å². The number of halogens is 3. The Morgan fingerprint density at radius 2 is 2.04 bits per heavy atom. The van der Waals surface area contributed by atoms with Crippen molar-refractivity contribution >= 4 is 66.4 Å². The molecule has 0 atom stereocenters. The number of rotatable bonds is 4. The van der Waals surface area contributed by atoms with Crippen molar-refractivity contribution in [2.75, 3.05) is 5.32 Å². The van der Waals surface area contributed by atoms with Crippen LogP contribution in [0.15, 0.2) is 51.0 Å². The van der Waals surface area contributed by atoms with Crippen LogP contribution in [0.25, 0.3) is 0 Å². The summed E-state index contributed by atoms with van der Waals surface area (Å²) in [4.78, 5) is 12.8. The quantitative estimate of drug-likeness (QED) is 0.548. The van der Waals surface area contributed by atoms with E-state index in [1.165, 1.54) is 11.3 Å². The third-order valence-electron chi connectivity index (χ3n) is 3.02. The molecule has 3 aromatic rings. The summed E-state index contributed by atoms with van der Waals surface area (Å²) in [6.45, 7) is 0.614. The van der Waals surface area contributed by atoms with Crippen molar-refractivity contribution in [1.29, 1.82) is 0 Å². The Morgan fingerprint density at radius 1 is 1.30 bits per heavy atom. The van der Waals surface area contributed by atoms with Gasteiger partial charge in [0.1, 0.15) is 0 Å². The molecule has 3 rings (SSSR count). The minimum atomic E-state index is -0.160. The number of nitrogens with zero attached hydrogens (tertiary/aromatic N) is 2. The Balaban J connectivity index is 1.67. The van der Waals surface area contributed by atoms with Crippen molar-refractivity contribution in [2.45, 2.75) is 6.54 Å². The van der Waals surface area contributed by atoms with Gasteiger partial charge in [0.05, 0.1) is 27.1 Å². The van der Waals surface area contributed by atoms with E-state index in [-0.39, 0.29) is 5.91 Å². The predicted octanol–water partition coefficient (Wildman–Crippen LogP) is 5.42. The van der Waals surface area contributed by atoms with Gasteiger partial charge in [-0.1, -0.05) is 23.7 Å². The predicted molar refractivity (Wildman–Crippen MR) is 100 cm³/mol. The fourth-order valence-corrected chi connectivity index (χ4v) is 4.00. The molecule has 0 aliphatic heterocycles. The van der Waals surface area contributed by atoms with Crippen LogP contribution in [0.1, 0.15) is 15.2 Å². The van der Waals surface area contributed by atoms with E-state index in [2.05, 4.69) is 42.3 Å². The Hall–Kier alpha value is -1.15. The molecule has 23 heavy (non-hydrogen) atoms. The van der Waals surface area contributed by atoms with Gasteiger partial charge in [-0.25, -0.2) is 0 Å². The maximum absolute atomic E-state index is 12.2. The van der Waals surface area contributed by atoms with Crippen LogP contribution in [0.3, 0.4) is 0 Å². The highest BCUT2D eigenvalue weighted by molar-refractivity contribution is 9.13. The zero-order valence-electron chi connectivity index (χ0n) is 11.6. The second-order valence-corrected chi connectivity index (χ2v) is 8.40. The molecule has 0 unspecified atom stereocenters. The molecular formula is C15H10Br2ClN3OS. The summed E-state index contributed by atoms with van der Waals surface area (Å²) in [6.07, 6.45) is 3.43. The number of carbonyl (C=O) groups is 1. The van der Waals surface area contributed by atoms with E-state index in [0.29, 0.717) is 22.1 Å². The number of anilines is 1. The van der Waals surface area contributed by atoms with Gasteiger partial charge in [-0.05, 0) is 55.6 Å². The summed E-state index contributed by atoms with van der Waals surface area (Å²) in [5.41, 5.74) is 1.74. The van der Waals surface area contributed by atoms with Crippen molar-refractivity contribution < 1.29 is 4.79 Å². The van der Waals surface area contributed by atoms with E-state index in [1.807, 2.05) is 24.3 Å². The van der Waals surface area contributed by atoms with Crippen LogP contribution < -0.4 is 5.32 Å². The molecule has 1 amide bonds. The van der Waals surface area contributed by atoms with Gasteiger partial charge < -0.3 is 5.32 Å². The average Bonchev–Trinajstić information content (AvgIpc) is 3.09. The van der Waals surface area contributed by atoms with Gasteiger partial charge in [-0.2, -0.15) is 5.10 Å². The molecule has 0 bridgehead atoms. The maximum atomic E-state index is 12.2. The van der Waals surface area contributed by atoms with Gasteiger partial charge in [-0.15, -0.1) is 11.3 Å². The normalized spacial score (nSPS) is 10.7. The number of hydrogen-bond donors (Lipinski definition) is 1. The lowest BCUT2D eigenvalue weighted by Gasteiger charge is -2.02. The van der Waals surface area contributed by atoms with Gasteiger partial charge in [0, 0.05) is 15.7 Å². The maximum Gasteiger partial charge on any atom is 0.265 e. The molecule has 0 saturated heterocycles. The Kier molecular flexibility index (Phi) is 5.21. The molecule has 4 nitrogen and oxygen atoms in total. The highest BCUT2D eigenvalue weighted by Gasteiger charge is 2.13. The Morgan fingerprint density at radius 3 is 2.70 bits per heavy atom. The molecular weight excluding hydrogens is 466 g/mol. The number of amides is 1. The molecule has 0 spiro atoms. The SMILES string of the molecule is O=C(Nc1cnn(Cc2ccc(Cl)cc2)c1)c1cc(Br)c(Br)s1. The van der Waals surface area contributed by atoms with E-state index < -0.39 is 0 Å². The third-order valence-corrected chi connectivity index (χ3v) is 6.52. The summed E-state index contributed by atoms with van der Waals surface area (Å²) >= 11 is 14.0. The van der Waals surface area contributed by atoms with E-state index in [1.54, 1.807) is 23.1 Å². The molecule has 0 saturated carbocycles. The lowest BCUT2D eigenvalue weighted by molar-refractivity contribution is 0.103. The third kappa shape index (κ3) is 4.23. The molecule has 0 fully saturated rings. The van der Waals surface area contributed by atoms with Crippen LogP contribution in [0.2, 0.25) is 5.02 Å². The molecule has 2 heterocycles. The van der Waals surface area contributed by atoms with Gasteiger partial charge >= 0.3 is 0 Å². The van der Waals surface area contributed by atoms with E-state index in [0.717, 1.165) is 13.8 Å². The number of hydrogen-bond acceptors (Lipinski definition) is 3. The van der Waals surface area contributed by atoms with E-state index in [9.17, 15) is 4.79 Å². The van der Waals surface area contributed by atoms with Crippen LogP contribution in [-0.2, 0) is 6.54 Å². The second kappa shape index (κ2) is 7.17. The molecule has 0 aliphatic carbocycles. The van der Waals surface area contributed by atoms with Gasteiger partial charge in [-0.3, -0.25) is 9.48 Å². The lowest BCUT2D eigenvalue weighted by Crippen LogP contribution is -2.09. The number of benzene rings is 1. The topological polar surface area (TPSA) is 46.9 Å². The van der Waals surface area contributed by atoms with Crippen LogP contribution >= 0.6 is 54.8 Å². The number of aromatic nitrogens is 2. The van der Waals surface area contributed by atoms with Crippen molar-refractivity contribution in [3.05, 3.63) is 66.4 Å². The highest BCUT2D eigenvalue weighted by Crippen LogP contribution is 2.32. The van der Waals surface area contributed by atoms with Crippen molar-refractivity contribution in [1.82, 2.24) is 9.78 Å². The Labute approximate surface area is 158 Å². The van der Waals surface area contributed by atoms with E-state index in [4.69, 9.17) is 11.6 Å². The highest BCUT2D eigenvalue weighted by atomic mass is 79.9. The minimum absolute atomic E-state index is 0.160. The second-order valence-electron chi connectivity index (χ2n) is 4.74. The van der Waals surface area contributed by atoms with Crippen molar-refractivity contribution in [3.8, 4) is 0 Å². The molecule has 0 radical (unpaired) electrons. The van der Waals surface area contributed by atoms with Crippen LogP contribution in [-0.4, -0.2) is 15.7 Å². The van der Waals surface area contributed by atoms with E-state index >= 15 is 0 Å². The van der Waals surface area contributed by atoms with Crippen molar-refractivity contribution in [2.24, 2.45) is 0 Å². The standard InChI is InChI=1S/C15H10Br2ClN3OS/c16-12-5-13(23-14(12)17)15(22)20-11-6-19-21(8-11)7-9-1-3-10(18)4-2-9/h1-6,8H,7H2,(H,20,22). The molecule has 2 aromatic heterocycles. The van der Waals surface area contributed by atoms with Gasteiger partial charge in [0.15, 0.2) is 0 Å². The first-order valence-electron chi connectivity index (χ1n) is 6.54. The van der Waals surface area contributed by atoms with Crippen LogP contribution in [0.5, 0.6) is 0 Å². The van der Waals surface area contributed by atoms with Crippen LogP contribution in [0.4, 0.5) is 5.69 Å². The summed E-state index contributed by atoms with van der Waals surface area (Å²) in [5.74, 6) is -0.160. The first-order chi connectivity index (χ1) is 11.0. The molecule has 1 aromatic carbocycles. The van der Waals surface area contributed by atoms with Gasteiger partial charge in [0.2, 0.25) is 0 Å². The summed E-state index contributed by atoms with van der Waals surface area (Å²) in [5, 5.41) is 7.80. The Bertz CT molecular complexity index is 825. The molecule has 1 N–H and O–H groups in total. The molecule has 8 heteroatoms. The zero-order valence-corrected chi connectivity index (χ0v) is 16.3. The number of carbonyl (C=O) groups excluding carboxylic acids is 1. The lowest BCUT2D eigenvalue weighted by atomic mass is 10.2. The summed E-state index contributed by atoms with van der Waals surface area (Å²) in [6, 6.07) is 9.36. The largest absolute Gasteiger partial charge is 0.319 e. The molecule has 118 valence electrons. The fraction of sp³-hybridized carbons (Fsp3) is 0.0667. The first-order valence-corrected chi connectivity index (χ1v) is 9.32. The van der Waals surface area contributed by atoms with Crippen LogP contribution in [0, 0.1) is 0 Å². The fourth-order valence-electron chi connectivity index (χ4n) is 1.94. The number of thiophene rings is 1. The monoisotopic (exact) mass is 473 g/mol. The van der Waals surface area contributed by atoms with Crippen molar-refractivity contribution in [3.63, 3.8) is 0 Å².